The minimum absolute atomic E-state index is 0.110. The molecule has 43 heavy (non-hydrogen) atoms. The number of hydrogen-bond acceptors (Lipinski definition) is 6. The Kier molecular flexibility index (Phi) is 14.1. The maximum absolute atomic E-state index is 13.6. The van der Waals surface area contributed by atoms with E-state index in [1.54, 1.807) is 11.3 Å². The zero-order valence-corrected chi connectivity index (χ0v) is 27.8. The van der Waals surface area contributed by atoms with Crippen LogP contribution in [-0.2, 0) is 20.8 Å². The third-order valence-corrected chi connectivity index (χ3v) is 9.68. The molecule has 2 aromatic rings. The van der Waals surface area contributed by atoms with Crippen molar-refractivity contribution in [1.82, 2.24) is 25.8 Å². The molecular weight excluding hydrogens is 558 g/mol. The van der Waals surface area contributed by atoms with E-state index in [-0.39, 0.29) is 23.6 Å². The second kappa shape index (κ2) is 17.5. The van der Waals surface area contributed by atoms with Gasteiger partial charge >= 0.3 is 0 Å². The molecule has 1 fully saturated rings. The van der Waals surface area contributed by atoms with E-state index in [1.807, 2.05) is 13.0 Å². The van der Waals surface area contributed by atoms with Gasteiger partial charge in [0.25, 0.3) is 0 Å². The lowest BCUT2D eigenvalue weighted by Gasteiger charge is -2.31. The molecular formula is C34H53N5O3S. The molecule has 1 aliphatic rings. The molecule has 3 amide bonds. The number of rotatable bonds is 17. The minimum atomic E-state index is -0.709. The van der Waals surface area contributed by atoms with Gasteiger partial charge in [-0.3, -0.25) is 19.3 Å². The van der Waals surface area contributed by atoms with E-state index in [1.165, 1.54) is 24.8 Å². The van der Waals surface area contributed by atoms with Crippen LogP contribution in [0.4, 0.5) is 0 Å². The zero-order valence-electron chi connectivity index (χ0n) is 27.0. The number of likely N-dealkylation sites (N-methyl/N-ethyl adjacent to an activating group) is 1. The summed E-state index contributed by atoms with van der Waals surface area (Å²) in [5, 5.41) is 10.1. The highest BCUT2D eigenvalue weighted by Crippen LogP contribution is 2.30. The second-order valence-corrected chi connectivity index (χ2v) is 13.4. The predicted molar refractivity (Wildman–Crippen MR) is 177 cm³/mol. The van der Waals surface area contributed by atoms with Gasteiger partial charge in [-0.05, 0) is 55.0 Å². The highest BCUT2D eigenvalue weighted by atomic mass is 32.1. The minimum Gasteiger partial charge on any atom is -0.354 e. The van der Waals surface area contributed by atoms with Gasteiger partial charge in [-0.1, -0.05) is 79.4 Å². The number of thiazole rings is 1. The molecule has 0 radical (unpaired) electrons. The van der Waals surface area contributed by atoms with E-state index < -0.39 is 6.04 Å². The van der Waals surface area contributed by atoms with Gasteiger partial charge < -0.3 is 16.0 Å². The summed E-state index contributed by atoms with van der Waals surface area (Å²) in [5.74, 6) is 0.499. The molecule has 1 aromatic carbocycles. The molecule has 9 heteroatoms. The molecule has 2 atom stereocenters. The Morgan fingerprint density at radius 2 is 1.74 bits per heavy atom. The topological polar surface area (TPSA) is 103 Å². The first-order valence-corrected chi connectivity index (χ1v) is 17.1. The average molecular weight is 612 g/mol. The Bertz CT molecular complexity index is 1220. The summed E-state index contributed by atoms with van der Waals surface area (Å²) >= 11 is 1.58. The van der Waals surface area contributed by atoms with E-state index >= 15 is 0 Å². The summed E-state index contributed by atoms with van der Waals surface area (Å²) in [6.07, 6.45) is 7.18. The number of carbonyl (C=O) groups is 3. The zero-order chi connectivity index (χ0) is 31.4. The van der Waals surface area contributed by atoms with Crippen LogP contribution < -0.4 is 16.0 Å². The quantitative estimate of drug-likeness (QED) is 0.203. The van der Waals surface area contributed by atoms with Gasteiger partial charge in [0.1, 0.15) is 6.04 Å². The maximum atomic E-state index is 13.6. The van der Waals surface area contributed by atoms with E-state index in [0.717, 1.165) is 41.2 Å². The Labute approximate surface area is 262 Å². The van der Waals surface area contributed by atoms with Crippen LogP contribution in [0.5, 0.6) is 0 Å². The molecule has 1 saturated carbocycles. The molecule has 3 N–H and O–H groups in total. The molecule has 1 heterocycles. The number of nitrogens with zero attached hydrogens (tertiary/aromatic N) is 2. The Morgan fingerprint density at radius 3 is 2.40 bits per heavy atom. The molecule has 1 aromatic heterocycles. The number of aromatic nitrogens is 1. The van der Waals surface area contributed by atoms with Crippen LogP contribution in [0, 0.1) is 11.8 Å². The van der Waals surface area contributed by atoms with Crippen molar-refractivity contribution in [1.29, 1.82) is 0 Å². The first-order valence-electron chi connectivity index (χ1n) is 16.3. The van der Waals surface area contributed by atoms with Gasteiger partial charge in [-0.15, -0.1) is 11.3 Å². The van der Waals surface area contributed by atoms with Gasteiger partial charge in [-0.2, -0.15) is 0 Å². The van der Waals surface area contributed by atoms with Gasteiger partial charge in [0, 0.05) is 38.0 Å². The summed E-state index contributed by atoms with van der Waals surface area (Å²) in [4.78, 5) is 46.1. The molecule has 1 unspecified atom stereocenters. The second-order valence-electron chi connectivity index (χ2n) is 12.2. The molecule has 0 bridgehead atoms. The fraction of sp³-hybridized carbons (Fsp3) is 0.647. The van der Waals surface area contributed by atoms with Crippen LogP contribution in [0.25, 0.3) is 10.2 Å². The predicted octanol–water partition coefficient (Wildman–Crippen LogP) is 5.57. The van der Waals surface area contributed by atoms with E-state index in [0.29, 0.717) is 56.3 Å². The molecule has 0 saturated heterocycles. The van der Waals surface area contributed by atoms with Gasteiger partial charge in [0.2, 0.25) is 17.7 Å². The highest BCUT2D eigenvalue weighted by Gasteiger charge is 2.28. The lowest BCUT2D eigenvalue weighted by molar-refractivity contribution is -0.129. The summed E-state index contributed by atoms with van der Waals surface area (Å²) < 4.78 is 1.09. The van der Waals surface area contributed by atoms with Crippen LogP contribution in [0.2, 0.25) is 0 Å². The van der Waals surface area contributed by atoms with Gasteiger partial charge in [0.05, 0.1) is 15.2 Å². The van der Waals surface area contributed by atoms with Gasteiger partial charge in [0.15, 0.2) is 0 Å². The van der Waals surface area contributed by atoms with Gasteiger partial charge in [-0.25, -0.2) is 4.98 Å². The summed E-state index contributed by atoms with van der Waals surface area (Å²) in [5.41, 5.74) is 2.73. The van der Waals surface area contributed by atoms with Crippen molar-refractivity contribution < 1.29 is 14.4 Å². The Balaban J connectivity index is 1.69. The number of nitrogens with one attached hydrogen (secondary N) is 3. The molecule has 0 spiro atoms. The largest absolute Gasteiger partial charge is 0.354 e. The van der Waals surface area contributed by atoms with Crippen molar-refractivity contribution in [2.45, 2.75) is 97.9 Å². The van der Waals surface area contributed by atoms with Crippen LogP contribution in [-0.4, -0.2) is 66.4 Å². The van der Waals surface area contributed by atoms with E-state index in [4.69, 9.17) is 4.98 Å². The lowest BCUT2D eigenvalue weighted by Crippen LogP contribution is -2.50. The SMILES string of the molecule is C=C(CN(CC)CC)C(=O)NCC(CNC(=O)[C@H](Cc1nc2ccc(C(C)C)cc2s1)NC(=O)CCC)C1CCCCC1. The third-order valence-electron chi connectivity index (χ3n) is 8.64. The van der Waals surface area contributed by atoms with E-state index in [9.17, 15) is 14.4 Å². The van der Waals surface area contributed by atoms with Crippen LogP contribution >= 0.6 is 11.3 Å². The third kappa shape index (κ3) is 10.7. The van der Waals surface area contributed by atoms with Crippen LogP contribution in [0.1, 0.15) is 96.1 Å². The first kappa shape index (κ1) is 34.7. The number of amides is 3. The summed E-state index contributed by atoms with van der Waals surface area (Å²) in [6.45, 7) is 17.7. The van der Waals surface area contributed by atoms with Crippen molar-refractivity contribution in [3.63, 3.8) is 0 Å². The molecule has 0 aliphatic heterocycles. The van der Waals surface area contributed by atoms with Crippen molar-refractivity contribution in [2.75, 3.05) is 32.7 Å². The van der Waals surface area contributed by atoms with Crippen molar-refractivity contribution in [3.05, 3.63) is 40.9 Å². The van der Waals surface area contributed by atoms with Crippen molar-refractivity contribution in [3.8, 4) is 0 Å². The fourth-order valence-corrected chi connectivity index (χ4v) is 6.88. The summed E-state index contributed by atoms with van der Waals surface area (Å²) in [7, 11) is 0. The smallest absolute Gasteiger partial charge is 0.247 e. The number of benzene rings is 1. The highest BCUT2D eigenvalue weighted by molar-refractivity contribution is 7.18. The van der Waals surface area contributed by atoms with Crippen molar-refractivity contribution in [2.24, 2.45) is 11.8 Å². The fourth-order valence-electron chi connectivity index (χ4n) is 5.82. The molecule has 8 nitrogen and oxygen atoms in total. The number of carbonyl (C=O) groups excluding carboxylic acids is 3. The monoisotopic (exact) mass is 611 g/mol. The molecule has 238 valence electrons. The molecule has 1 aliphatic carbocycles. The lowest BCUT2D eigenvalue weighted by atomic mass is 9.79. The first-order chi connectivity index (χ1) is 20.6. The Morgan fingerprint density at radius 1 is 1.05 bits per heavy atom. The van der Waals surface area contributed by atoms with Crippen LogP contribution in [0.3, 0.4) is 0 Å². The Hall–Kier alpha value is -2.78. The number of hydrogen-bond donors (Lipinski definition) is 3. The average Bonchev–Trinajstić information content (AvgIpc) is 3.41. The van der Waals surface area contributed by atoms with E-state index in [2.05, 4.69) is 67.3 Å². The standard InChI is InChI=1S/C34H53N5O3S/c1-7-13-31(40)37-29(19-32-38-28-17-16-26(23(4)5)18-30(28)43-32)34(42)36-21-27(25-14-11-10-12-15-25)20-35-33(41)24(6)22-39(8-2)9-3/h16-18,23,25,27,29H,6-15,19-22H2,1-5H3,(H,35,41)(H,36,42)(H,37,40)/t27?,29-/m0/s1. The molecule has 3 rings (SSSR count). The maximum Gasteiger partial charge on any atom is 0.247 e. The summed E-state index contributed by atoms with van der Waals surface area (Å²) in [6, 6.07) is 5.60. The normalized spacial score (nSPS) is 15.4. The van der Waals surface area contributed by atoms with Crippen LogP contribution in [0.15, 0.2) is 30.4 Å². The number of fused-ring (bicyclic) bond motifs is 1. The van der Waals surface area contributed by atoms with Crippen molar-refractivity contribution >= 4 is 39.3 Å².